The van der Waals surface area contributed by atoms with Crippen LogP contribution in [0.5, 0.6) is 0 Å². The number of amides is 3. The summed E-state index contributed by atoms with van der Waals surface area (Å²) >= 11 is 0. The molecule has 0 spiro atoms. The van der Waals surface area contributed by atoms with Crippen LogP contribution in [0.15, 0.2) is 24.3 Å². The molecule has 136 valence electrons. The fourth-order valence-electron chi connectivity index (χ4n) is 3.37. The highest BCUT2D eigenvalue weighted by Crippen LogP contribution is 2.30. The highest BCUT2D eigenvalue weighted by Gasteiger charge is 2.28. The lowest BCUT2D eigenvalue weighted by molar-refractivity contribution is 0.0205. The number of nitrogens with one attached hydrogen (secondary N) is 1. The summed E-state index contributed by atoms with van der Waals surface area (Å²) in [5.74, 6) is 0.445. The van der Waals surface area contributed by atoms with Gasteiger partial charge in [0.1, 0.15) is 5.60 Å². The van der Waals surface area contributed by atoms with E-state index in [1.165, 1.54) is 5.56 Å². The van der Waals surface area contributed by atoms with Crippen LogP contribution in [-0.4, -0.2) is 48.8 Å². The molecule has 2 aliphatic rings. The molecule has 3 rings (SSSR count). The van der Waals surface area contributed by atoms with Crippen molar-refractivity contribution >= 4 is 17.8 Å². The molecule has 0 bridgehead atoms. The van der Waals surface area contributed by atoms with Crippen LogP contribution in [0, 0.1) is 0 Å². The van der Waals surface area contributed by atoms with Gasteiger partial charge in [-0.15, -0.1) is 0 Å². The number of urea groups is 1. The lowest BCUT2D eigenvalue weighted by atomic mass is 9.89. The average molecular weight is 345 g/mol. The van der Waals surface area contributed by atoms with Crippen LogP contribution in [0.2, 0.25) is 0 Å². The van der Waals surface area contributed by atoms with Gasteiger partial charge >= 0.3 is 12.1 Å². The van der Waals surface area contributed by atoms with Crippen molar-refractivity contribution < 1.29 is 14.3 Å². The van der Waals surface area contributed by atoms with Gasteiger partial charge in [-0.05, 0) is 57.2 Å². The predicted octanol–water partition coefficient (Wildman–Crippen LogP) is 3.33. The molecule has 0 saturated carbocycles. The Morgan fingerprint density at radius 1 is 1.12 bits per heavy atom. The number of likely N-dealkylation sites (tertiary alicyclic amines) is 1. The largest absolute Gasteiger partial charge is 0.444 e. The number of carbonyl (C=O) groups excluding carboxylic acids is 2. The zero-order valence-electron chi connectivity index (χ0n) is 15.2. The second-order valence-electron chi connectivity index (χ2n) is 7.72. The zero-order valence-corrected chi connectivity index (χ0v) is 15.2. The average Bonchev–Trinajstić information content (AvgIpc) is 3.00. The summed E-state index contributed by atoms with van der Waals surface area (Å²) in [5, 5.41) is 2.82. The number of benzene rings is 1. The lowest BCUT2D eigenvalue weighted by Gasteiger charge is -2.33. The van der Waals surface area contributed by atoms with Crippen LogP contribution in [0.3, 0.4) is 0 Å². The van der Waals surface area contributed by atoms with Crippen molar-refractivity contribution in [2.45, 2.75) is 45.1 Å². The van der Waals surface area contributed by atoms with Crippen LogP contribution in [0.4, 0.5) is 15.3 Å². The molecular formula is C19H27N3O3. The molecule has 3 amide bonds. The van der Waals surface area contributed by atoms with Crippen molar-refractivity contribution in [1.29, 1.82) is 0 Å². The first kappa shape index (κ1) is 17.6. The molecule has 6 nitrogen and oxygen atoms in total. The van der Waals surface area contributed by atoms with E-state index in [-0.39, 0.29) is 12.1 Å². The third-order valence-electron chi connectivity index (χ3n) is 4.68. The van der Waals surface area contributed by atoms with Gasteiger partial charge in [0.25, 0.3) is 0 Å². The Kier molecular flexibility index (Phi) is 4.88. The summed E-state index contributed by atoms with van der Waals surface area (Å²) in [4.78, 5) is 27.4. The topological polar surface area (TPSA) is 61.9 Å². The van der Waals surface area contributed by atoms with E-state index >= 15 is 0 Å². The number of rotatable bonds is 2. The van der Waals surface area contributed by atoms with Gasteiger partial charge in [0.15, 0.2) is 0 Å². The normalized spacial score (nSPS) is 19.1. The molecule has 6 heteroatoms. The molecule has 0 unspecified atom stereocenters. The molecule has 2 saturated heterocycles. The summed E-state index contributed by atoms with van der Waals surface area (Å²) < 4.78 is 5.44. The maximum absolute atomic E-state index is 12.1. The quantitative estimate of drug-likeness (QED) is 0.894. The first-order valence-electron chi connectivity index (χ1n) is 8.97. The Labute approximate surface area is 149 Å². The summed E-state index contributed by atoms with van der Waals surface area (Å²) in [5.41, 5.74) is 1.75. The molecule has 0 aromatic heterocycles. The molecule has 25 heavy (non-hydrogen) atoms. The van der Waals surface area contributed by atoms with Crippen molar-refractivity contribution in [1.82, 2.24) is 10.2 Å². The maximum atomic E-state index is 12.1. The number of hydrogen-bond acceptors (Lipinski definition) is 3. The van der Waals surface area contributed by atoms with Gasteiger partial charge in [-0.1, -0.05) is 12.1 Å². The molecule has 2 aliphatic heterocycles. The number of anilines is 1. The minimum Gasteiger partial charge on any atom is -0.444 e. The Hall–Kier alpha value is -2.24. The lowest BCUT2D eigenvalue weighted by Crippen LogP contribution is -2.41. The van der Waals surface area contributed by atoms with Gasteiger partial charge in [-0.2, -0.15) is 0 Å². The van der Waals surface area contributed by atoms with E-state index in [9.17, 15) is 9.59 Å². The highest BCUT2D eigenvalue weighted by molar-refractivity contribution is 5.93. The first-order valence-corrected chi connectivity index (χ1v) is 8.97. The van der Waals surface area contributed by atoms with Gasteiger partial charge in [-0.25, -0.2) is 9.59 Å². The molecule has 0 aliphatic carbocycles. The standard InChI is InChI=1S/C19H27N3O3/c1-19(2,3)25-18(24)21-11-8-15(9-12-21)14-4-6-16(7-5-14)22-13-10-20-17(22)23/h4-7,15H,8-13H2,1-3H3,(H,20,23). The third-order valence-corrected chi connectivity index (χ3v) is 4.68. The van der Waals surface area contributed by atoms with Crippen LogP contribution in [-0.2, 0) is 4.74 Å². The Morgan fingerprint density at radius 3 is 2.28 bits per heavy atom. The fourth-order valence-corrected chi connectivity index (χ4v) is 3.37. The van der Waals surface area contributed by atoms with Crippen LogP contribution in [0.25, 0.3) is 0 Å². The molecule has 0 atom stereocenters. The van der Waals surface area contributed by atoms with Crippen molar-refractivity contribution in [3.8, 4) is 0 Å². The molecular weight excluding hydrogens is 318 g/mol. The third kappa shape index (κ3) is 4.24. The summed E-state index contributed by atoms with van der Waals surface area (Å²) in [6.07, 6.45) is 1.65. The van der Waals surface area contributed by atoms with Crippen molar-refractivity contribution in [2.24, 2.45) is 0 Å². The predicted molar refractivity (Wildman–Crippen MR) is 97.0 cm³/mol. The number of ether oxygens (including phenoxy) is 1. The molecule has 0 radical (unpaired) electrons. The van der Waals surface area contributed by atoms with Crippen molar-refractivity contribution in [3.05, 3.63) is 29.8 Å². The van der Waals surface area contributed by atoms with Crippen LogP contribution < -0.4 is 10.2 Å². The summed E-state index contributed by atoms with van der Waals surface area (Å²) in [7, 11) is 0. The van der Waals surface area contributed by atoms with E-state index in [1.807, 2.05) is 32.9 Å². The molecule has 2 heterocycles. The van der Waals surface area contributed by atoms with E-state index < -0.39 is 5.60 Å². The molecule has 2 fully saturated rings. The number of nitrogens with zero attached hydrogens (tertiary/aromatic N) is 2. The maximum Gasteiger partial charge on any atom is 0.410 e. The zero-order chi connectivity index (χ0) is 18.0. The highest BCUT2D eigenvalue weighted by atomic mass is 16.6. The SMILES string of the molecule is CC(C)(C)OC(=O)N1CCC(c2ccc(N3CCNC3=O)cc2)CC1. The van der Waals surface area contributed by atoms with Gasteiger partial charge in [0.05, 0.1) is 0 Å². The van der Waals surface area contributed by atoms with E-state index in [0.717, 1.165) is 31.6 Å². The Morgan fingerprint density at radius 2 is 1.76 bits per heavy atom. The summed E-state index contributed by atoms with van der Waals surface area (Å²) in [6, 6.07) is 8.21. The molecule has 1 aromatic rings. The minimum atomic E-state index is -0.453. The van der Waals surface area contributed by atoms with E-state index in [4.69, 9.17) is 4.74 Å². The monoisotopic (exact) mass is 345 g/mol. The van der Waals surface area contributed by atoms with Crippen molar-refractivity contribution in [2.75, 3.05) is 31.1 Å². The fraction of sp³-hybridized carbons (Fsp3) is 0.579. The number of carbonyl (C=O) groups is 2. The van der Waals surface area contributed by atoms with Crippen LogP contribution in [0.1, 0.15) is 45.1 Å². The van der Waals surface area contributed by atoms with Crippen molar-refractivity contribution in [3.63, 3.8) is 0 Å². The summed E-state index contributed by atoms with van der Waals surface area (Å²) in [6.45, 7) is 8.52. The minimum absolute atomic E-state index is 0.0292. The smallest absolute Gasteiger partial charge is 0.410 e. The van der Waals surface area contributed by atoms with Gasteiger partial charge < -0.3 is 15.0 Å². The van der Waals surface area contributed by atoms with Gasteiger partial charge in [0, 0.05) is 31.9 Å². The number of hydrogen-bond donors (Lipinski definition) is 1. The molecule has 1 aromatic carbocycles. The molecule has 1 N–H and O–H groups in total. The van der Waals surface area contributed by atoms with Gasteiger partial charge in [-0.3, -0.25) is 4.90 Å². The Balaban J connectivity index is 1.56. The van der Waals surface area contributed by atoms with E-state index in [0.29, 0.717) is 19.0 Å². The first-order chi connectivity index (χ1) is 11.8. The second-order valence-corrected chi connectivity index (χ2v) is 7.72. The second kappa shape index (κ2) is 6.94. The van der Waals surface area contributed by atoms with Gasteiger partial charge in [0.2, 0.25) is 0 Å². The Bertz CT molecular complexity index is 628. The number of piperidine rings is 1. The van der Waals surface area contributed by atoms with E-state index in [1.54, 1.807) is 9.80 Å². The van der Waals surface area contributed by atoms with E-state index in [2.05, 4.69) is 17.4 Å². The van der Waals surface area contributed by atoms with Crippen LogP contribution >= 0.6 is 0 Å².